The molecule has 1 aromatic heterocycles. The number of imidazole rings is 1. The lowest BCUT2D eigenvalue weighted by Gasteiger charge is -2.24. The van der Waals surface area contributed by atoms with E-state index in [4.69, 9.17) is 4.74 Å². The van der Waals surface area contributed by atoms with Crippen molar-refractivity contribution in [3.05, 3.63) is 18.2 Å². The van der Waals surface area contributed by atoms with E-state index in [1.165, 1.54) is 0 Å². The molecule has 0 unspecified atom stereocenters. The molecule has 0 spiro atoms. The number of ether oxygens (including phenoxy) is 1. The van der Waals surface area contributed by atoms with E-state index >= 15 is 0 Å². The largest absolute Gasteiger partial charge is 0.444 e. The van der Waals surface area contributed by atoms with E-state index in [1.54, 1.807) is 11.9 Å². The summed E-state index contributed by atoms with van der Waals surface area (Å²) < 4.78 is 7.43. The smallest absolute Gasteiger partial charge is 0.410 e. The van der Waals surface area contributed by atoms with Gasteiger partial charge < -0.3 is 19.5 Å². The number of aromatic nitrogens is 2. The number of carbonyl (C=O) groups excluding carboxylic acids is 1. The molecule has 6 nitrogen and oxygen atoms in total. The minimum Gasteiger partial charge on any atom is -0.444 e. The maximum atomic E-state index is 11.8. The molecule has 1 heterocycles. The first-order chi connectivity index (χ1) is 9.70. The zero-order valence-electron chi connectivity index (χ0n) is 14.0. The van der Waals surface area contributed by atoms with Crippen LogP contribution in [0.4, 0.5) is 4.79 Å². The molecule has 0 saturated carbocycles. The third-order valence-corrected chi connectivity index (χ3v) is 2.94. The molecule has 6 heteroatoms. The van der Waals surface area contributed by atoms with Crippen LogP contribution in [0.1, 0.15) is 46.4 Å². The summed E-state index contributed by atoms with van der Waals surface area (Å²) >= 11 is 0. The molecule has 0 aliphatic rings. The Morgan fingerprint density at radius 2 is 2.14 bits per heavy atom. The third-order valence-electron chi connectivity index (χ3n) is 2.94. The van der Waals surface area contributed by atoms with Crippen molar-refractivity contribution in [1.29, 1.82) is 0 Å². The molecular formula is C15H28N4O2. The van der Waals surface area contributed by atoms with E-state index < -0.39 is 5.60 Å². The Labute approximate surface area is 127 Å². The van der Waals surface area contributed by atoms with Gasteiger partial charge in [-0.05, 0) is 34.6 Å². The lowest BCUT2D eigenvalue weighted by Crippen LogP contribution is -2.38. The van der Waals surface area contributed by atoms with Crippen LogP contribution in [0.15, 0.2) is 12.5 Å². The van der Waals surface area contributed by atoms with E-state index in [0.717, 1.165) is 12.2 Å². The number of hydrogen-bond acceptors (Lipinski definition) is 4. The van der Waals surface area contributed by atoms with Gasteiger partial charge in [0.2, 0.25) is 0 Å². The molecule has 120 valence electrons. The molecule has 0 aromatic carbocycles. The van der Waals surface area contributed by atoms with Crippen LogP contribution in [-0.4, -0.2) is 46.3 Å². The van der Waals surface area contributed by atoms with Gasteiger partial charge in [0, 0.05) is 38.9 Å². The van der Waals surface area contributed by atoms with Gasteiger partial charge in [-0.2, -0.15) is 0 Å². The lowest BCUT2D eigenvalue weighted by atomic mass is 10.2. The van der Waals surface area contributed by atoms with Gasteiger partial charge in [-0.25, -0.2) is 9.78 Å². The standard InChI is InChI=1S/C15H28N4O2/c1-12(2)19-11-17-10-13(19)9-16-7-8-18(6)14(20)21-15(3,4)5/h10-12,16H,7-9H2,1-6H3. The van der Waals surface area contributed by atoms with Gasteiger partial charge in [0.15, 0.2) is 0 Å². The van der Waals surface area contributed by atoms with Crippen molar-refractivity contribution < 1.29 is 9.53 Å². The number of nitrogens with zero attached hydrogens (tertiary/aromatic N) is 3. The highest BCUT2D eigenvalue weighted by Crippen LogP contribution is 2.09. The number of rotatable bonds is 6. The number of amides is 1. The predicted octanol–water partition coefficient (Wildman–Crippen LogP) is 2.42. The van der Waals surface area contributed by atoms with Crippen LogP contribution in [0, 0.1) is 0 Å². The lowest BCUT2D eigenvalue weighted by molar-refractivity contribution is 0.0300. The highest BCUT2D eigenvalue weighted by molar-refractivity contribution is 5.67. The highest BCUT2D eigenvalue weighted by Gasteiger charge is 2.19. The normalized spacial score (nSPS) is 11.8. The van der Waals surface area contributed by atoms with Crippen LogP contribution in [0.2, 0.25) is 0 Å². The monoisotopic (exact) mass is 296 g/mol. The summed E-state index contributed by atoms with van der Waals surface area (Å²) in [7, 11) is 1.74. The van der Waals surface area contributed by atoms with Gasteiger partial charge >= 0.3 is 6.09 Å². The first-order valence-electron chi connectivity index (χ1n) is 7.36. The molecule has 0 radical (unpaired) electrons. The Morgan fingerprint density at radius 1 is 1.48 bits per heavy atom. The molecule has 1 aromatic rings. The van der Waals surface area contributed by atoms with Crippen molar-refractivity contribution in [1.82, 2.24) is 19.8 Å². The number of carbonyl (C=O) groups is 1. The summed E-state index contributed by atoms with van der Waals surface area (Å²) in [6.07, 6.45) is 3.41. The Balaban J connectivity index is 2.30. The summed E-state index contributed by atoms with van der Waals surface area (Å²) in [5.41, 5.74) is 0.688. The fraction of sp³-hybridized carbons (Fsp3) is 0.733. The summed E-state index contributed by atoms with van der Waals surface area (Å²) in [5.74, 6) is 0. The van der Waals surface area contributed by atoms with Crippen LogP contribution in [0.5, 0.6) is 0 Å². The maximum absolute atomic E-state index is 11.8. The minimum atomic E-state index is -0.456. The molecule has 21 heavy (non-hydrogen) atoms. The maximum Gasteiger partial charge on any atom is 0.410 e. The van der Waals surface area contributed by atoms with Crippen LogP contribution in [0.3, 0.4) is 0 Å². The van der Waals surface area contributed by atoms with Crippen LogP contribution < -0.4 is 5.32 Å². The second kappa shape index (κ2) is 7.45. The number of likely N-dealkylation sites (N-methyl/N-ethyl adjacent to an activating group) is 1. The Hall–Kier alpha value is -1.56. The van der Waals surface area contributed by atoms with E-state index in [0.29, 0.717) is 19.1 Å². The Bertz CT molecular complexity index is 449. The summed E-state index contributed by atoms with van der Waals surface area (Å²) in [5, 5.41) is 3.32. The molecule has 0 fully saturated rings. The molecule has 1 amide bonds. The van der Waals surface area contributed by atoms with Gasteiger partial charge in [0.05, 0.1) is 12.0 Å². The van der Waals surface area contributed by atoms with Crippen molar-refractivity contribution >= 4 is 6.09 Å². The fourth-order valence-electron chi connectivity index (χ4n) is 1.83. The quantitative estimate of drug-likeness (QED) is 0.819. The van der Waals surface area contributed by atoms with E-state index in [-0.39, 0.29) is 6.09 Å². The SMILES string of the molecule is CC(C)n1cncc1CNCCN(C)C(=O)OC(C)(C)C. The van der Waals surface area contributed by atoms with Crippen molar-refractivity contribution in [2.75, 3.05) is 20.1 Å². The highest BCUT2D eigenvalue weighted by atomic mass is 16.6. The molecule has 0 aliphatic heterocycles. The predicted molar refractivity (Wildman–Crippen MR) is 83.2 cm³/mol. The Kier molecular flexibility index (Phi) is 6.20. The molecule has 0 saturated heterocycles. The molecule has 1 N–H and O–H groups in total. The van der Waals surface area contributed by atoms with E-state index in [9.17, 15) is 4.79 Å². The van der Waals surface area contributed by atoms with E-state index in [2.05, 4.69) is 28.7 Å². The van der Waals surface area contributed by atoms with Crippen molar-refractivity contribution in [2.45, 2.75) is 52.8 Å². The van der Waals surface area contributed by atoms with Crippen molar-refractivity contribution in [3.8, 4) is 0 Å². The molecule has 0 aliphatic carbocycles. The molecule has 0 atom stereocenters. The summed E-state index contributed by atoms with van der Waals surface area (Å²) in [6.45, 7) is 11.9. The Morgan fingerprint density at radius 3 is 2.71 bits per heavy atom. The van der Waals surface area contributed by atoms with Gasteiger partial charge in [-0.15, -0.1) is 0 Å². The van der Waals surface area contributed by atoms with E-state index in [1.807, 2.05) is 33.3 Å². The average Bonchev–Trinajstić information content (AvgIpc) is 2.80. The molecular weight excluding hydrogens is 268 g/mol. The van der Waals surface area contributed by atoms with Crippen LogP contribution in [-0.2, 0) is 11.3 Å². The average molecular weight is 296 g/mol. The van der Waals surface area contributed by atoms with Crippen molar-refractivity contribution in [2.24, 2.45) is 0 Å². The van der Waals surface area contributed by atoms with Gasteiger partial charge in [0.1, 0.15) is 5.60 Å². The second-order valence-corrected chi connectivity index (χ2v) is 6.46. The first-order valence-corrected chi connectivity index (χ1v) is 7.36. The topological polar surface area (TPSA) is 59.4 Å². The third kappa shape index (κ3) is 6.16. The summed E-state index contributed by atoms with van der Waals surface area (Å²) in [6, 6.07) is 0.397. The first kappa shape index (κ1) is 17.5. The minimum absolute atomic E-state index is 0.295. The van der Waals surface area contributed by atoms with Gasteiger partial charge in [-0.3, -0.25) is 0 Å². The number of nitrogens with one attached hydrogen (secondary N) is 1. The fourth-order valence-corrected chi connectivity index (χ4v) is 1.83. The molecule has 1 rings (SSSR count). The zero-order valence-corrected chi connectivity index (χ0v) is 14.0. The van der Waals surface area contributed by atoms with Gasteiger partial charge in [-0.1, -0.05) is 0 Å². The summed E-state index contributed by atoms with van der Waals surface area (Å²) in [4.78, 5) is 17.5. The molecule has 0 bridgehead atoms. The van der Waals surface area contributed by atoms with Crippen LogP contribution in [0.25, 0.3) is 0 Å². The van der Waals surface area contributed by atoms with Crippen LogP contribution >= 0.6 is 0 Å². The zero-order chi connectivity index (χ0) is 16.0. The van der Waals surface area contributed by atoms with Crippen molar-refractivity contribution in [3.63, 3.8) is 0 Å². The second-order valence-electron chi connectivity index (χ2n) is 6.46. The number of hydrogen-bond donors (Lipinski definition) is 1. The van der Waals surface area contributed by atoms with Gasteiger partial charge in [0.25, 0.3) is 0 Å².